The molecule has 17 heavy (non-hydrogen) atoms. The van der Waals surface area contributed by atoms with Gasteiger partial charge in [-0.2, -0.15) is 15.6 Å². The quantitative estimate of drug-likeness (QED) is 0.479. The molecule has 0 bridgehead atoms. The smallest absolute Gasteiger partial charge is 0.237 e. The van der Waals surface area contributed by atoms with Gasteiger partial charge in [0.1, 0.15) is 17.9 Å². The molecule has 0 amide bonds. The van der Waals surface area contributed by atoms with Crippen LogP contribution in [0, 0.1) is 35.0 Å². The molecule has 1 aromatic carbocycles. The predicted octanol–water partition coefficient (Wildman–Crippen LogP) is 1.49. The van der Waals surface area contributed by atoms with Crippen molar-refractivity contribution in [3.05, 3.63) is 23.8 Å². The van der Waals surface area contributed by atoms with Crippen LogP contribution in [0.4, 0.5) is 5.69 Å². The van der Waals surface area contributed by atoms with E-state index in [1.54, 1.807) is 30.3 Å². The summed E-state index contributed by atoms with van der Waals surface area (Å²) in [5.41, 5.74) is 3.43. The fraction of sp³-hybridized carbons (Fsp3) is 0.0833. The van der Waals surface area contributed by atoms with Gasteiger partial charge in [-0.3, -0.25) is 5.43 Å². The fourth-order valence-electron chi connectivity index (χ4n) is 1.09. The number of methoxy groups -OCH3 is 1. The molecule has 0 saturated carbocycles. The van der Waals surface area contributed by atoms with Gasteiger partial charge in [-0.05, 0) is 18.2 Å². The van der Waals surface area contributed by atoms with E-state index in [-0.39, 0.29) is 5.71 Å². The number of hydrogen-bond donors (Lipinski definition) is 1. The van der Waals surface area contributed by atoms with Crippen LogP contribution in [0.25, 0.3) is 0 Å². The van der Waals surface area contributed by atoms with Gasteiger partial charge in [0.25, 0.3) is 0 Å². The van der Waals surface area contributed by atoms with Gasteiger partial charge in [0.15, 0.2) is 0 Å². The normalized spacial score (nSPS) is 8.12. The lowest BCUT2D eigenvalue weighted by Crippen LogP contribution is -1.97. The zero-order chi connectivity index (χ0) is 12.7. The first-order valence-electron chi connectivity index (χ1n) is 4.53. The molecule has 1 aromatic rings. The SMILES string of the molecule is C#Cc1cc(NN=C(C#N)C#N)ccc1OC. The largest absolute Gasteiger partial charge is 0.495 e. The van der Waals surface area contributed by atoms with E-state index >= 15 is 0 Å². The molecule has 0 aromatic heterocycles. The van der Waals surface area contributed by atoms with Crippen molar-refractivity contribution in [1.82, 2.24) is 0 Å². The summed E-state index contributed by atoms with van der Waals surface area (Å²) in [6.07, 6.45) is 5.31. The van der Waals surface area contributed by atoms with Crippen molar-refractivity contribution in [2.75, 3.05) is 12.5 Å². The molecule has 0 aliphatic carbocycles. The molecule has 0 fully saturated rings. The monoisotopic (exact) mass is 224 g/mol. The van der Waals surface area contributed by atoms with E-state index in [9.17, 15) is 0 Å². The molecule has 0 atom stereocenters. The van der Waals surface area contributed by atoms with Gasteiger partial charge >= 0.3 is 0 Å². The number of ether oxygens (including phenoxy) is 1. The van der Waals surface area contributed by atoms with Crippen LogP contribution in [0.1, 0.15) is 5.56 Å². The first-order valence-corrected chi connectivity index (χ1v) is 4.53. The Hall–Kier alpha value is -2.97. The van der Waals surface area contributed by atoms with Crippen LogP contribution in [0.3, 0.4) is 0 Å². The number of anilines is 1. The molecular formula is C12H8N4O. The predicted molar refractivity (Wildman–Crippen MR) is 63.2 cm³/mol. The Morgan fingerprint density at radius 1 is 1.41 bits per heavy atom. The van der Waals surface area contributed by atoms with Gasteiger partial charge in [0, 0.05) is 0 Å². The zero-order valence-electron chi connectivity index (χ0n) is 9.06. The Kier molecular flexibility index (Phi) is 4.13. The van der Waals surface area contributed by atoms with Crippen LogP contribution in [-0.2, 0) is 0 Å². The Bertz CT molecular complexity index is 554. The van der Waals surface area contributed by atoms with Crippen molar-refractivity contribution >= 4 is 11.4 Å². The topological polar surface area (TPSA) is 81.2 Å². The minimum absolute atomic E-state index is 0.261. The number of terminal acetylenes is 1. The van der Waals surface area contributed by atoms with Crippen LogP contribution < -0.4 is 10.2 Å². The molecule has 0 spiro atoms. The molecule has 0 unspecified atom stereocenters. The summed E-state index contributed by atoms with van der Waals surface area (Å²) < 4.78 is 5.05. The average Bonchev–Trinajstić information content (AvgIpc) is 2.39. The van der Waals surface area contributed by atoms with Crippen molar-refractivity contribution in [3.63, 3.8) is 0 Å². The van der Waals surface area contributed by atoms with Crippen molar-refractivity contribution in [2.45, 2.75) is 0 Å². The van der Waals surface area contributed by atoms with Crippen LogP contribution in [-0.4, -0.2) is 12.8 Å². The van der Waals surface area contributed by atoms with E-state index in [0.29, 0.717) is 17.0 Å². The fourth-order valence-corrected chi connectivity index (χ4v) is 1.09. The highest BCUT2D eigenvalue weighted by atomic mass is 16.5. The number of nitrogens with one attached hydrogen (secondary N) is 1. The summed E-state index contributed by atoms with van der Waals surface area (Å²) in [5, 5.41) is 20.6. The molecule has 0 heterocycles. The third-order valence-electron chi connectivity index (χ3n) is 1.86. The van der Waals surface area contributed by atoms with Crippen molar-refractivity contribution < 1.29 is 4.74 Å². The minimum atomic E-state index is -0.261. The van der Waals surface area contributed by atoms with Crippen LogP contribution >= 0.6 is 0 Å². The van der Waals surface area contributed by atoms with Gasteiger partial charge in [0.2, 0.25) is 5.71 Å². The second-order valence-corrected chi connectivity index (χ2v) is 2.86. The highest BCUT2D eigenvalue weighted by Gasteiger charge is 2.01. The van der Waals surface area contributed by atoms with Gasteiger partial charge in [-0.1, -0.05) is 5.92 Å². The molecule has 82 valence electrons. The highest BCUT2D eigenvalue weighted by molar-refractivity contribution is 6.10. The van der Waals surface area contributed by atoms with Crippen molar-refractivity contribution in [1.29, 1.82) is 10.5 Å². The third kappa shape index (κ3) is 2.99. The van der Waals surface area contributed by atoms with E-state index < -0.39 is 0 Å². The molecule has 1 N–H and O–H groups in total. The van der Waals surface area contributed by atoms with Crippen LogP contribution in [0.15, 0.2) is 23.3 Å². The molecule has 1 rings (SSSR count). The number of benzene rings is 1. The van der Waals surface area contributed by atoms with Gasteiger partial charge in [-0.15, -0.1) is 6.42 Å². The summed E-state index contributed by atoms with van der Waals surface area (Å²) in [6.45, 7) is 0. The van der Waals surface area contributed by atoms with Crippen LogP contribution in [0.2, 0.25) is 0 Å². The van der Waals surface area contributed by atoms with E-state index in [4.69, 9.17) is 21.7 Å². The van der Waals surface area contributed by atoms with E-state index in [1.807, 2.05) is 0 Å². The number of nitriles is 2. The standard InChI is InChI=1S/C12H8N4O/c1-3-9-6-10(4-5-12(9)17-2)15-16-11(7-13)8-14/h1,4-6,15H,2H3. The lowest BCUT2D eigenvalue weighted by molar-refractivity contribution is 0.413. The third-order valence-corrected chi connectivity index (χ3v) is 1.86. The Balaban J connectivity index is 2.97. The summed E-state index contributed by atoms with van der Waals surface area (Å²) in [4.78, 5) is 0. The van der Waals surface area contributed by atoms with E-state index in [1.165, 1.54) is 7.11 Å². The second kappa shape index (κ2) is 5.80. The Labute approximate surface area is 98.9 Å². The molecule has 0 aliphatic heterocycles. The molecule has 5 heteroatoms. The first-order chi connectivity index (χ1) is 8.24. The summed E-state index contributed by atoms with van der Waals surface area (Å²) in [5.74, 6) is 3.03. The van der Waals surface area contributed by atoms with Crippen molar-refractivity contribution in [3.8, 4) is 30.2 Å². The molecule has 0 aliphatic rings. The molecular weight excluding hydrogens is 216 g/mol. The van der Waals surface area contributed by atoms with Crippen molar-refractivity contribution in [2.24, 2.45) is 5.10 Å². The van der Waals surface area contributed by atoms with E-state index in [2.05, 4.69) is 16.4 Å². The first kappa shape index (κ1) is 12.1. The number of nitrogens with zero attached hydrogens (tertiary/aromatic N) is 3. The summed E-state index contributed by atoms with van der Waals surface area (Å²) >= 11 is 0. The number of hydrazone groups is 1. The Morgan fingerprint density at radius 3 is 2.65 bits per heavy atom. The second-order valence-electron chi connectivity index (χ2n) is 2.86. The maximum absolute atomic E-state index is 8.49. The lowest BCUT2D eigenvalue weighted by Gasteiger charge is -2.05. The number of hydrogen-bond acceptors (Lipinski definition) is 5. The maximum Gasteiger partial charge on any atom is 0.237 e. The van der Waals surface area contributed by atoms with Crippen LogP contribution in [0.5, 0.6) is 5.75 Å². The summed E-state index contributed by atoms with van der Waals surface area (Å²) in [6, 6.07) is 8.25. The highest BCUT2D eigenvalue weighted by Crippen LogP contribution is 2.21. The minimum Gasteiger partial charge on any atom is -0.495 e. The van der Waals surface area contributed by atoms with Gasteiger partial charge in [0.05, 0.1) is 18.4 Å². The molecule has 5 nitrogen and oxygen atoms in total. The van der Waals surface area contributed by atoms with Gasteiger partial charge in [-0.25, -0.2) is 0 Å². The zero-order valence-corrected chi connectivity index (χ0v) is 9.06. The molecule has 0 saturated heterocycles. The lowest BCUT2D eigenvalue weighted by atomic mass is 10.2. The summed E-state index contributed by atoms with van der Waals surface area (Å²) in [7, 11) is 1.52. The number of rotatable bonds is 3. The molecule has 0 radical (unpaired) electrons. The maximum atomic E-state index is 8.49. The Morgan fingerprint density at radius 2 is 2.12 bits per heavy atom. The van der Waals surface area contributed by atoms with Gasteiger partial charge < -0.3 is 4.74 Å². The van der Waals surface area contributed by atoms with E-state index in [0.717, 1.165) is 0 Å². The average molecular weight is 224 g/mol.